The molecule has 0 radical (unpaired) electrons. The summed E-state index contributed by atoms with van der Waals surface area (Å²) in [6, 6.07) is 12.8. The van der Waals surface area contributed by atoms with Crippen molar-refractivity contribution in [3.63, 3.8) is 0 Å². The Kier molecular flexibility index (Phi) is 7.71. The maximum absolute atomic E-state index is 13.6. The van der Waals surface area contributed by atoms with E-state index >= 15 is 0 Å². The van der Waals surface area contributed by atoms with Gasteiger partial charge >= 0.3 is 12.1 Å². The third-order valence-electron chi connectivity index (χ3n) is 5.39. The number of benzene rings is 2. The van der Waals surface area contributed by atoms with Gasteiger partial charge in [0.25, 0.3) is 10.0 Å². The second kappa shape index (κ2) is 10.1. The van der Waals surface area contributed by atoms with Gasteiger partial charge in [-0.05, 0) is 46.9 Å². The molecule has 0 aliphatic rings. The number of sulfonamides is 1. The largest absolute Gasteiger partial charge is 0.465 e. The van der Waals surface area contributed by atoms with Gasteiger partial charge in [0.1, 0.15) is 0 Å². The number of anilines is 1. The molecule has 1 aromatic heterocycles. The zero-order chi connectivity index (χ0) is 26.9. The number of methoxy groups -OCH3 is 1. The van der Waals surface area contributed by atoms with Crippen LogP contribution in [0.4, 0.5) is 19.0 Å². The first-order chi connectivity index (χ1) is 16.6. The molecule has 0 amide bonds. The highest BCUT2D eigenvalue weighted by atomic mass is 35.5. The van der Waals surface area contributed by atoms with Crippen molar-refractivity contribution in [2.75, 3.05) is 11.4 Å². The molecule has 1 heterocycles. The Morgan fingerprint density at radius 1 is 1.00 bits per heavy atom. The van der Waals surface area contributed by atoms with Gasteiger partial charge in [-0.2, -0.15) is 13.2 Å². The van der Waals surface area contributed by atoms with Gasteiger partial charge in [0.15, 0.2) is 5.82 Å². The van der Waals surface area contributed by atoms with Crippen LogP contribution in [0.1, 0.15) is 47.8 Å². The fourth-order valence-electron chi connectivity index (χ4n) is 3.33. The van der Waals surface area contributed by atoms with Crippen LogP contribution in [0.15, 0.2) is 65.7 Å². The number of pyridine rings is 1. The molecule has 11 heteroatoms. The van der Waals surface area contributed by atoms with E-state index in [2.05, 4.69) is 9.72 Å². The van der Waals surface area contributed by atoms with Crippen molar-refractivity contribution >= 4 is 33.4 Å². The van der Waals surface area contributed by atoms with Crippen molar-refractivity contribution in [2.45, 2.75) is 43.8 Å². The maximum atomic E-state index is 13.6. The third-order valence-corrected chi connectivity index (χ3v) is 7.42. The Morgan fingerprint density at radius 2 is 1.58 bits per heavy atom. The van der Waals surface area contributed by atoms with Crippen molar-refractivity contribution in [3.8, 4) is 0 Å². The van der Waals surface area contributed by atoms with Gasteiger partial charge in [-0.3, -0.25) is 0 Å². The normalized spacial score (nSPS) is 12.3. The average molecular weight is 541 g/mol. The second-order valence-corrected chi connectivity index (χ2v) is 11.3. The lowest BCUT2D eigenvalue weighted by Crippen LogP contribution is -2.32. The summed E-state index contributed by atoms with van der Waals surface area (Å²) in [5.41, 5.74) is 0.474. The van der Waals surface area contributed by atoms with E-state index in [0.29, 0.717) is 17.8 Å². The minimum atomic E-state index is -4.70. The Bertz CT molecular complexity index is 1350. The Balaban J connectivity index is 2.10. The predicted octanol–water partition coefficient (Wildman–Crippen LogP) is 6.23. The van der Waals surface area contributed by atoms with E-state index in [1.54, 1.807) is 12.1 Å². The minimum Gasteiger partial charge on any atom is -0.465 e. The molecule has 0 unspecified atom stereocenters. The molecule has 0 N–H and O–H groups in total. The lowest BCUT2D eigenvalue weighted by atomic mass is 9.87. The fourth-order valence-corrected chi connectivity index (χ4v) is 5.07. The molecule has 2 aromatic carbocycles. The number of halogens is 4. The number of esters is 1. The van der Waals surface area contributed by atoms with Crippen LogP contribution >= 0.6 is 11.6 Å². The lowest BCUT2D eigenvalue weighted by molar-refractivity contribution is -0.137. The maximum Gasteiger partial charge on any atom is 0.417 e. The highest BCUT2D eigenvalue weighted by Crippen LogP contribution is 2.36. The van der Waals surface area contributed by atoms with E-state index in [1.807, 2.05) is 32.9 Å². The van der Waals surface area contributed by atoms with E-state index < -0.39 is 32.8 Å². The summed E-state index contributed by atoms with van der Waals surface area (Å²) in [5, 5.41) is -0.481. The number of hydrogen-bond acceptors (Lipinski definition) is 5. The summed E-state index contributed by atoms with van der Waals surface area (Å²) in [7, 11) is -3.17. The number of ether oxygens (including phenoxy) is 1. The van der Waals surface area contributed by atoms with Gasteiger partial charge in [0.2, 0.25) is 0 Å². The number of alkyl halides is 3. The van der Waals surface area contributed by atoms with E-state index in [4.69, 9.17) is 11.6 Å². The van der Waals surface area contributed by atoms with Gasteiger partial charge in [0.05, 0.1) is 34.7 Å². The molecule has 0 atom stereocenters. The second-order valence-electron chi connectivity index (χ2n) is 9.00. The highest BCUT2D eigenvalue weighted by Gasteiger charge is 2.34. The molecule has 36 heavy (non-hydrogen) atoms. The van der Waals surface area contributed by atoms with Crippen LogP contribution in [0.2, 0.25) is 5.02 Å². The summed E-state index contributed by atoms with van der Waals surface area (Å²) in [6.07, 6.45) is -4.17. The molecule has 0 saturated carbocycles. The molecule has 0 bridgehead atoms. The van der Waals surface area contributed by atoms with Crippen LogP contribution in [0.5, 0.6) is 0 Å². The first-order valence-electron chi connectivity index (χ1n) is 10.7. The lowest BCUT2D eigenvalue weighted by Gasteiger charge is -2.25. The predicted molar refractivity (Wildman–Crippen MR) is 131 cm³/mol. The standard InChI is InChI=1S/C25H24ClF3N2O4S/c1-24(2,3)18-9-5-16(6-10-18)15-31(22-21(26)13-19(14-30-22)25(27,28)29)36(33,34)20-11-7-17(8-12-20)23(32)35-4/h5-14H,15H2,1-4H3. The average Bonchev–Trinajstić information content (AvgIpc) is 2.81. The summed E-state index contributed by atoms with van der Waals surface area (Å²) in [5.74, 6) is -1.01. The van der Waals surface area contributed by atoms with E-state index in [9.17, 15) is 26.4 Å². The SMILES string of the molecule is COC(=O)c1ccc(S(=O)(=O)N(Cc2ccc(C(C)(C)C)cc2)c2ncc(C(F)(F)F)cc2Cl)cc1. The van der Waals surface area contributed by atoms with Crippen molar-refractivity contribution in [1.82, 2.24) is 4.98 Å². The molecule has 3 rings (SSSR count). The third kappa shape index (κ3) is 5.99. The Hall–Kier alpha value is -3.11. The molecule has 0 saturated heterocycles. The van der Waals surface area contributed by atoms with Gasteiger partial charge in [-0.15, -0.1) is 0 Å². The number of nitrogens with zero attached hydrogens (tertiary/aromatic N) is 2. The molecular formula is C25H24ClF3N2O4S. The van der Waals surface area contributed by atoms with Crippen LogP contribution < -0.4 is 4.31 Å². The quantitative estimate of drug-likeness (QED) is 0.346. The van der Waals surface area contributed by atoms with Crippen LogP contribution in [-0.4, -0.2) is 26.5 Å². The molecule has 0 aliphatic carbocycles. The number of carbonyl (C=O) groups is 1. The Labute approximate surface area is 212 Å². The summed E-state index contributed by atoms with van der Waals surface area (Å²) in [4.78, 5) is 15.3. The van der Waals surface area contributed by atoms with Gasteiger partial charge in [0, 0.05) is 6.20 Å². The Morgan fingerprint density at radius 3 is 2.06 bits per heavy atom. The topological polar surface area (TPSA) is 76.6 Å². The number of rotatable bonds is 6. The van der Waals surface area contributed by atoms with Crippen molar-refractivity contribution in [2.24, 2.45) is 0 Å². The summed E-state index contributed by atoms with van der Waals surface area (Å²) >= 11 is 6.13. The molecule has 0 spiro atoms. The van der Waals surface area contributed by atoms with Gasteiger partial charge in [-0.1, -0.05) is 56.6 Å². The van der Waals surface area contributed by atoms with Gasteiger partial charge in [-0.25, -0.2) is 22.5 Å². The number of hydrogen-bond donors (Lipinski definition) is 0. The zero-order valence-electron chi connectivity index (χ0n) is 19.9. The summed E-state index contributed by atoms with van der Waals surface area (Å²) < 4.78 is 72.2. The fraction of sp³-hybridized carbons (Fsp3) is 0.280. The first-order valence-corrected chi connectivity index (χ1v) is 12.5. The molecule has 0 fully saturated rings. The minimum absolute atomic E-state index is 0.131. The van der Waals surface area contributed by atoms with Crippen LogP contribution in [0, 0.1) is 0 Å². The van der Waals surface area contributed by atoms with Crippen molar-refractivity contribution < 1.29 is 31.1 Å². The van der Waals surface area contributed by atoms with Gasteiger partial charge < -0.3 is 4.74 Å². The van der Waals surface area contributed by atoms with Crippen LogP contribution in [0.3, 0.4) is 0 Å². The molecule has 6 nitrogen and oxygen atoms in total. The zero-order valence-corrected chi connectivity index (χ0v) is 21.5. The van der Waals surface area contributed by atoms with Crippen LogP contribution in [-0.2, 0) is 32.9 Å². The van der Waals surface area contributed by atoms with Crippen molar-refractivity contribution in [3.05, 3.63) is 88.1 Å². The monoisotopic (exact) mass is 540 g/mol. The van der Waals surface area contributed by atoms with E-state index in [0.717, 1.165) is 9.87 Å². The molecule has 0 aliphatic heterocycles. The highest BCUT2D eigenvalue weighted by molar-refractivity contribution is 7.92. The van der Waals surface area contributed by atoms with Crippen molar-refractivity contribution in [1.29, 1.82) is 0 Å². The number of aromatic nitrogens is 1. The smallest absolute Gasteiger partial charge is 0.417 e. The molecular weight excluding hydrogens is 517 g/mol. The first kappa shape index (κ1) is 27.5. The van der Waals surface area contributed by atoms with E-state index in [1.165, 1.54) is 31.4 Å². The summed E-state index contributed by atoms with van der Waals surface area (Å²) in [6.45, 7) is 5.84. The molecule has 192 valence electrons. The van der Waals surface area contributed by atoms with Crippen LogP contribution in [0.25, 0.3) is 0 Å². The molecule has 3 aromatic rings. The van der Waals surface area contributed by atoms with E-state index in [-0.39, 0.29) is 28.2 Å². The number of carbonyl (C=O) groups excluding carboxylic acids is 1.